The molecule has 5 aliphatic rings. The van der Waals surface area contributed by atoms with Crippen LogP contribution in [0, 0.1) is 38.9 Å². The van der Waals surface area contributed by atoms with E-state index in [0.29, 0.717) is 51.2 Å². The second kappa shape index (κ2) is 48.3. The number of benzene rings is 4. The molecule has 3 amide bonds. The Morgan fingerprint density at radius 3 is 2.13 bits per heavy atom. The van der Waals surface area contributed by atoms with Crippen LogP contribution in [-0.4, -0.2) is 196 Å². The number of aliphatic hydroxyl groups excluding tert-OH is 3. The number of methoxy groups -OCH3 is 1. The summed E-state index contributed by atoms with van der Waals surface area (Å²) in [6, 6.07) is 23.0. The summed E-state index contributed by atoms with van der Waals surface area (Å²) in [5.41, 5.74) is 25.3. The molecule has 40 heteroatoms. The highest BCUT2D eigenvalue weighted by atomic mass is 127. The van der Waals surface area contributed by atoms with E-state index in [9.17, 15) is 39.3 Å². The number of imidazole rings is 2. The van der Waals surface area contributed by atoms with E-state index in [1.165, 1.54) is 97.0 Å². The number of nitrogens with one attached hydrogen (secondary N) is 2. The molecular weight excluding hydrogens is 1790 g/mol. The van der Waals surface area contributed by atoms with E-state index < -0.39 is 47.6 Å². The van der Waals surface area contributed by atoms with Crippen molar-refractivity contribution in [2.75, 3.05) is 67.1 Å². The van der Waals surface area contributed by atoms with Crippen molar-refractivity contribution in [3.63, 3.8) is 0 Å². The minimum absolute atomic E-state index is 0.0600. The number of halogens is 4. The summed E-state index contributed by atoms with van der Waals surface area (Å²) >= 11 is 30.0. The van der Waals surface area contributed by atoms with Crippen LogP contribution in [-0.2, 0) is 37.5 Å². The number of carbonyl (C=O) groups is 4. The number of aromatic nitrogens is 10. The standard InChI is InChI=1S/C19H26O.C13H12O3.C10H20N2S4.C9H4Cl3IO.C9H14N4O4.C8H12N2.C6H6N6O2.C6H10N6O/c1-12-3-8-18-17-6-4-13-11-14(20)5-7-15(13)16(17)9-10-19(12,18)2;1-15-13-11-7-10(14)3-2-8(11)6-9-4-5-16-12(9)13;1-5-11(6-2)9(13)15-16-10(14)12(7-3)8-4;10-6-4-8(12)9(5-7(6)11)14-3-1-2-13;10-8(17)9-11-3-13(12-9)5-1-4(2-14)6(15)7(5)16;9-10-7-6-8-4-2-1-3-5-8;1-11-6(14)12-2-8-3(4(7)13)5(12)9-10-11;1-12(2)11-10-6-4(5(7)13)8-3-9-6/h5,7,11-12,16-18,20H,3-4,6,8-10H2,1-2H3;4-6H,2-3,7H2,1H3;5-8H2,1-4H3;4-5H,3H2;3-7,14-16H,1-2H2,(H2,10,17);1-5,10H,6-7,9H2;2H,1H3,(H2,7,13);3H,1-2H3,(H2,7,13)(H,8,9). The predicted molar refractivity (Wildman–Crippen MR) is 484 cm³/mol. The predicted octanol–water partition coefficient (Wildman–Crippen LogP) is 11.8. The number of H-pyrrole nitrogens is 1. The van der Waals surface area contributed by atoms with Gasteiger partial charge in [0, 0.05) is 119 Å². The maximum atomic E-state index is 11.5. The Balaban J connectivity index is 0.000000190. The van der Waals surface area contributed by atoms with Gasteiger partial charge in [0.05, 0.1) is 46.9 Å². The van der Waals surface area contributed by atoms with Crippen LogP contribution in [0.4, 0.5) is 5.82 Å². The molecule has 9 unspecified atom stereocenters. The number of nitrogens with zero attached hydrogens (tertiary/aromatic N) is 14. The molecule has 5 heterocycles. The van der Waals surface area contributed by atoms with Gasteiger partial charge in [-0.25, -0.2) is 28.8 Å². The van der Waals surface area contributed by atoms with E-state index in [1.807, 2.05) is 59.0 Å². The zero-order valence-corrected chi connectivity index (χ0v) is 76.0. The second-order valence-corrected chi connectivity index (χ2v) is 33.9. The second-order valence-electron chi connectivity index (χ2n) is 28.7. The first kappa shape index (κ1) is 98.5. The van der Waals surface area contributed by atoms with E-state index in [4.69, 9.17) is 101 Å². The Kier molecular flexibility index (Phi) is 39.6. The number of amides is 3. The fourth-order valence-corrected chi connectivity index (χ4v) is 18.6. The molecule has 9 atom stereocenters. The molecule has 0 saturated heterocycles. The highest BCUT2D eigenvalue weighted by Gasteiger charge is 2.53. The lowest BCUT2D eigenvalue weighted by atomic mass is 9.54. The summed E-state index contributed by atoms with van der Waals surface area (Å²) in [5, 5.41) is 60.3. The van der Waals surface area contributed by atoms with Gasteiger partial charge in [0.2, 0.25) is 11.6 Å². The smallest absolute Gasteiger partial charge is 0.352 e. The number of aromatic amines is 1. The van der Waals surface area contributed by atoms with Gasteiger partial charge in [-0.15, -0.1) is 15.3 Å². The number of thiocarbonyl (C=S) groups is 2. The number of phenolic OH excluding ortho intramolecular Hbond substituents is 1. The summed E-state index contributed by atoms with van der Waals surface area (Å²) in [7, 11) is 9.67. The molecule has 4 aromatic carbocycles. The Hall–Kier alpha value is -8.63. The number of aliphatic hydroxyl groups is 3. The van der Waals surface area contributed by atoms with E-state index in [1.54, 1.807) is 60.7 Å². The topological polar surface area (TPSA) is 456 Å². The van der Waals surface area contributed by atoms with Crippen molar-refractivity contribution in [3.8, 4) is 27.1 Å². The SMILES string of the molecule is CC1CCC2C3CCc4cc(O)ccc4C3CCC12C.CCN(CC)C(=S)SSC(=S)N(CC)CC.CN(C)N=Nc1nc[nH]c1C(N)=O.COc1c2c(cc3ccoc13)CCC(=O)C2.Clc1cc(Cl)c(OCC#CI)cc1Cl.Cn1nnc2c(C(N)=O)ncn2c1=O.NC(=O)c1ncn(C2CC(CO)C(O)C2O)n1.NNCCc1ccccc1. The number of nitrogens with two attached hydrogens (primary N) is 4. The first-order valence-corrected chi connectivity index (χ1v) is 43.8. The van der Waals surface area contributed by atoms with E-state index in [-0.39, 0.29) is 47.7 Å². The Morgan fingerprint density at radius 2 is 1.53 bits per heavy atom. The van der Waals surface area contributed by atoms with Crippen LogP contribution in [0.5, 0.6) is 17.2 Å². The van der Waals surface area contributed by atoms with Crippen LogP contribution in [0.2, 0.25) is 15.1 Å². The van der Waals surface area contributed by atoms with Gasteiger partial charge in [0.1, 0.15) is 51.3 Å². The number of fused-ring (bicyclic) bond motifs is 8. The fraction of sp³-hybridized carbons (Fsp3) is 0.463. The van der Waals surface area contributed by atoms with Crippen LogP contribution in [0.15, 0.2) is 118 Å². The number of phenols is 1. The lowest BCUT2D eigenvalue weighted by molar-refractivity contribution is -0.118. The van der Waals surface area contributed by atoms with Crippen molar-refractivity contribution in [1.29, 1.82) is 0 Å². The average molecular weight is 1900 g/mol. The fourth-order valence-electron chi connectivity index (χ4n) is 14.8. The summed E-state index contributed by atoms with van der Waals surface area (Å²) in [5.74, 6) is 10.9. The Labute approximate surface area is 743 Å². The number of carbonyl (C=O) groups excluding carboxylic acids is 4. The van der Waals surface area contributed by atoms with Gasteiger partial charge in [0.25, 0.3) is 17.7 Å². The lowest BCUT2D eigenvalue weighted by Gasteiger charge is -2.50. The Bertz CT molecular complexity index is 5060. The highest BCUT2D eigenvalue weighted by molar-refractivity contribution is 14.1. The first-order chi connectivity index (χ1) is 57.3. The molecule has 5 aliphatic carbocycles. The monoisotopic (exact) mass is 1900 g/mol. The molecule has 9 aromatic rings. The van der Waals surface area contributed by atoms with E-state index in [2.05, 4.69) is 137 Å². The number of primary amides is 3. The van der Waals surface area contributed by atoms with Crippen LogP contribution in [0.25, 0.3) is 16.6 Å². The van der Waals surface area contributed by atoms with Gasteiger partial charge >= 0.3 is 5.69 Å². The highest BCUT2D eigenvalue weighted by Crippen LogP contribution is 2.63. The molecule has 0 aliphatic heterocycles. The molecule has 5 aromatic heterocycles. The van der Waals surface area contributed by atoms with Crippen LogP contribution < -0.4 is 43.6 Å². The number of ketones is 1. The van der Waals surface area contributed by atoms with E-state index >= 15 is 0 Å². The van der Waals surface area contributed by atoms with Gasteiger partial charge in [0.15, 0.2) is 28.4 Å². The lowest BCUT2D eigenvalue weighted by Crippen LogP contribution is -2.41. The third-order valence-electron chi connectivity index (χ3n) is 21.3. The summed E-state index contributed by atoms with van der Waals surface area (Å²) in [6.07, 6.45) is 14.8. The van der Waals surface area contributed by atoms with Crippen molar-refractivity contribution < 1.29 is 53.5 Å². The van der Waals surface area contributed by atoms with Crippen molar-refractivity contribution in [2.24, 2.45) is 69.5 Å². The van der Waals surface area contributed by atoms with Crippen LogP contribution in [0.3, 0.4) is 0 Å². The molecule has 3 saturated carbocycles. The molecule has 14 N–H and O–H groups in total. The molecule has 0 spiro atoms. The van der Waals surface area contributed by atoms with Crippen molar-refractivity contribution in [2.45, 2.75) is 136 Å². The summed E-state index contributed by atoms with van der Waals surface area (Å²) < 4.78 is 24.0. The molecule has 32 nitrogen and oxygen atoms in total. The molecule has 3 fully saturated rings. The molecule has 120 heavy (non-hydrogen) atoms. The maximum Gasteiger partial charge on any atom is 0.352 e. The average Bonchev–Trinajstić information content (AvgIpc) is 1.44. The minimum atomic E-state index is -1.05. The van der Waals surface area contributed by atoms with Gasteiger partial charge in [-0.05, 0) is 193 Å². The van der Waals surface area contributed by atoms with Gasteiger partial charge in [-0.3, -0.25) is 35.5 Å². The van der Waals surface area contributed by atoms with Crippen LogP contribution >= 0.6 is 103 Å². The number of hydrogen-bond donors (Lipinski definition) is 10. The molecule has 14 rings (SSSR count). The first-order valence-electron chi connectivity index (χ1n) is 38.7. The number of aromatic hydroxyl groups is 1. The summed E-state index contributed by atoms with van der Waals surface area (Å²) in [4.78, 5) is 73.3. The number of hydrazine groups is 1. The molecule has 648 valence electrons. The van der Waals surface area contributed by atoms with Crippen molar-refractivity contribution in [3.05, 3.63) is 169 Å². The summed E-state index contributed by atoms with van der Waals surface area (Å²) in [6.45, 7) is 18.2. The van der Waals surface area contributed by atoms with Crippen molar-refractivity contribution >= 4 is 158 Å². The number of hydrogen-bond acceptors (Lipinski definition) is 26. The molecule has 0 radical (unpaired) electrons. The maximum absolute atomic E-state index is 11.5. The number of aryl methyl sites for hydroxylation is 3. The Morgan fingerprint density at radius 1 is 0.850 bits per heavy atom. The zero-order chi connectivity index (χ0) is 88.1. The quantitative estimate of drug-likeness (QED) is 0.00591. The van der Waals surface area contributed by atoms with Crippen molar-refractivity contribution in [1.82, 2.24) is 69.3 Å². The number of ether oxygens (including phenoxy) is 2. The van der Waals surface area contributed by atoms with Gasteiger partial charge in [-0.2, -0.15) is 4.68 Å². The van der Waals surface area contributed by atoms with Crippen LogP contribution in [0.1, 0.15) is 158 Å². The van der Waals surface area contributed by atoms with E-state index in [0.717, 1.165) is 109 Å². The number of Topliss-reactive ketones (excluding diaryl/α,β-unsaturated/α-hetero) is 1. The molecular formula is C80H104Cl3IN20O12S4. The van der Waals surface area contributed by atoms with Gasteiger partial charge < -0.3 is 66.3 Å². The molecule has 0 bridgehead atoms. The number of rotatable bonds is 17. The third-order valence-corrected chi connectivity index (χ3v) is 26.4. The van der Waals surface area contributed by atoms with Gasteiger partial charge in [-0.1, -0.05) is 126 Å². The third kappa shape index (κ3) is 26.7. The minimum Gasteiger partial charge on any atom is -0.508 e. The zero-order valence-electron chi connectivity index (χ0n) is 68.4. The number of furan rings is 1. The normalized spacial score (nSPS) is 19.4. The largest absolute Gasteiger partial charge is 0.508 e.